The Labute approximate surface area is 283 Å². The number of anilines is 1. The summed E-state index contributed by atoms with van der Waals surface area (Å²) < 4.78 is 28.5. The first-order valence-corrected chi connectivity index (χ1v) is 16.6. The van der Waals surface area contributed by atoms with Crippen molar-refractivity contribution >= 4 is 23.7 Å². The lowest BCUT2D eigenvalue weighted by molar-refractivity contribution is -0.00820. The molecular formula is C37H50FN5O5. The minimum Gasteiger partial charge on any atom is -0.444 e. The minimum absolute atomic E-state index is 0.00564. The highest BCUT2D eigenvalue weighted by Crippen LogP contribution is 2.41. The van der Waals surface area contributed by atoms with Crippen LogP contribution in [0.1, 0.15) is 89.2 Å². The SMILES string of the molecule is CC(C)(C)OC(=O)N1CCC(C(=O)c2ccccc2)CC1.CC(C)(C)OC(=O)N1CCC(F)(C(c2ccccc2)n2cc(N)cn2)CC1. The second-order valence-electron chi connectivity index (χ2n) is 14.5. The lowest BCUT2D eigenvalue weighted by Crippen LogP contribution is -2.49. The minimum atomic E-state index is -1.54. The number of carbonyl (C=O) groups is 3. The lowest BCUT2D eigenvalue weighted by atomic mass is 9.82. The van der Waals surface area contributed by atoms with E-state index in [-0.39, 0.29) is 30.6 Å². The molecule has 1 atom stereocenters. The molecule has 2 amide bonds. The smallest absolute Gasteiger partial charge is 0.410 e. The van der Waals surface area contributed by atoms with Crippen molar-refractivity contribution in [2.75, 3.05) is 31.9 Å². The summed E-state index contributed by atoms with van der Waals surface area (Å²) in [5, 5.41) is 4.26. The van der Waals surface area contributed by atoms with Crippen molar-refractivity contribution in [2.24, 2.45) is 5.92 Å². The number of likely N-dealkylation sites (tertiary alicyclic amines) is 2. The Kier molecular flexibility index (Phi) is 11.5. The average molecular weight is 664 g/mol. The number of Topliss-reactive ketones (excluding diaryl/α,β-unsaturated/α-hetero) is 1. The second-order valence-corrected chi connectivity index (χ2v) is 14.5. The molecule has 11 heteroatoms. The average Bonchev–Trinajstić information content (AvgIpc) is 3.45. The fourth-order valence-electron chi connectivity index (χ4n) is 5.97. The van der Waals surface area contributed by atoms with Crippen LogP contribution in [0.2, 0.25) is 0 Å². The molecule has 2 aromatic carbocycles. The van der Waals surface area contributed by atoms with Gasteiger partial charge in [0.1, 0.15) is 22.9 Å². The fourth-order valence-corrected chi connectivity index (χ4v) is 5.97. The van der Waals surface area contributed by atoms with Gasteiger partial charge in [0.15, 0.2) is 5.78 Å². The Morgan fingerprint density at radius 3 is 1.75 bits per heavy atom. The molecule has 260 valence electrons. The van der Waals surface area contributed by atoms with E-state index in [4.69, 9.17) is 15.2 Å². The maximum absolute atomic E-state index is 16.1. The summed E-state index contributed by atoms with van der Waals surface area (Å²) in [6.07, 6.45) is 4.29. The molecule has 0 aliphatic carbocycles. The molecule has 2 aliphatic heterocycles. The Hall–Kier alpha value is -4.41. The molecule has 2 N–H and O–H groups in total. The predicted molar refractivity (Wildman–Crippen MR) is 183 cm³/mol. The topological polar surface area (TPSA) is 120 Å². The van der Waals surface area contributed by atoms with Crippen molar-refractivity contribution in [1.29, 1.82) is 0 Å². The summed E-state index contributed by atoms with van der Waals surface area (Å²) in [7, 11) is 0. The first-order chi connectivity index (χ1) is 22.5. The van der Waals surface area contributed by atoms with Gasteiger partial charge in [0.05, 0.1) is 11.9 Å². The number of benzene rings is 2. The summed E-state index contributed by atoms with van der Waals surface area (Å²) in [5.41, 5.74) is 5.30. The molecule has 2 fully saturated rings. The molecule has 1 unspecified atom stereocenters. The maximum atomic E-state index is 16.1. The van der Waals surface area contributed by atoms with E-state index in [0.29, 0.717) is 44.7 Å². The lowest BCUT2D eigenvalue weighted by Gasteiger charge is -2.41. The molecule has 48 heavy (non-hydrogen) atoms. The van der Waals surface area contributed by atoms with Crippen LogP contribution >= 0.6 is 0 Å². The predicted octanol–water partition coefficient (Wildman–Crippen LogP) is 7.31. The highest BCUT2D eigenvalue weighted by atomic mass is 19.1. The van der Waals surface area contributed by atoms with Gasteiger partial charge in [-0.3, -0.25) is 9.48 Å². The molecule has 1 aromatic heterocycles. The summed E-state index contributed by atoms with van der Waals surface area (Å²) >= 11 is 0. The third-order valence-corrected chi connectivity index (χ3v) is 8.31. The number of nitrogens with zero attached hydrogens (tertiary/aromatic N) is 4. The summed E-state index contributed by atoms with van der Waals surface area (Å²) in [4.78, 5) is 39.9. The summed E-state index contributed by atoms with van der Waals surface area (Å²) in [6, 6.07) is 18.2. The van der Waals surface area contributed by atoms with Gasteiger partial charge in [0.25, 0.3) is 0 Å². The van der Waals surface area contributed by atoms with Crippen molar-refractivity contribution < 1.29 is 28.2 Å². The third-order valence-electron chi connectivity index (χ3n) is 8.31. The number of alkyl halides is 1. The van der Waals surface area contributed by atoms with E-state index >= 15 is 4.39 Å². The number of nitrogen functional groups attached to an aromatic ring is 1. The molecule has 0 radical (unpaired) electrons. The number of amides is 2. The fraction of sp³-hybridized carbons (Fsp3) is 0.514. The molecule has 2 saturated heterocycles. The molecular weight excluding hydrogens is 613 g/mol. The van der Waals surface area contributed by atoms with Gasteiger partial charge in [-0.25, -0.2) is 14.0 Å². The van der Waals surface area contributed by atoms with E-state index < -0.39 is 29.0 Å². The summed E-state index contributed by atoms with van der Waals surface area (Å²) in [5.74, 6) is 0.186. The van der Waals surface area contributed by atoms with Crippen LogP contribution in [-0.4, -0.2) is 80.6 Å². The van der Waals surface area contributed by atoms with Crippen molar-refractivity contribution in [3.63, 3.8) is 0 Å². The molecule has 10 nitrogen and oxygen atoms in total. The van der Waals surface area contributed by atoms with Crippen LogP contribution in [-0.2, 0) is 9.47 Å². The zero-order valence-electron chi connectivity index (χ0n) is 29.0. The Balaban J connectivity index is 0.000000224. The van der Waals surface area contributed by atoms with Crippen LogP contribution in [0, 0.1) is 5.92 Å². The van der Waals surface area contributed by atoms with E-state index in [1.165, 1.54) is 6.20 Å². The van der Waals surface area contributed by atoms with E-state index in [1.54, 1.807) is 20.7 Å². The highest BCUT2D eigenvalue weighted by Gasteiger charge is 2.45. The standard InChI is InChI=1S/C20H27FN4O2.C17H23NO3/c1-19(2,3)27-18(26)24-11-9-20(21,10-12-24)17(15-7-5-4-6-8-15)25-14-16(22)13-23-25;1-17(2,3)21-16(20)18-11-9-14(10-12-18)15(19)13-7-5-4-6-8-13/h4-8,13-14,17H,9-12,22H2,1-3H3;4-8,14H,9-12H2,1-3H3. The van der Waals surface area contributed by atoms with Crippen LogP contribution in [0.15, 0.2) is 73.1 Å². The van der Waals surface area contributed by atoms with Gasteiger partial charge in [-0.2, -0.15) is 5.10 Å². The molecule has 0 spiro atoms. The highest BCUT2D eigenvalue weighted by molar-refractivity contribution is 5.97. The van der Waals surface area contributed by atoms with Gasteiger partial charge in [-0.15, -0.1) is 0 Å². The molecule has 0 saturated carbocycles. The van der Waals surface area contributed by atoms with Crippen molar-refractivity contribution in [3.8, 4) is 0 Å². The van der Waals surface area contributed by atoms with Gasteiger partial charge in [0, 0.05) is 56.7 Å². The van der Waals surface area contributed by atoms with Gasteiger partial charge in [-0.05, 0) is 59.9 Å². The number of rotatable bonds is 5. The number of halogens is 1. The molecule has 0 bridgehead atoms. The molecule has 2 aliphatic rings. The van der Waals surface area contributed by atoms with Crippen LogP contribution in [0.3, 0.4) is 0 Å². The number of ether oxygens (including phenoxy) is 2. The Morgan fingerprint density at radius 1 is 0.812 bits per heavy atom. The van der Waals surface area contributed by atoms with Crippen LogP contribution < -0.4 is 5.73 Å². The zero-order valence-corrected chi connectivity index (χ0v) is 29.0. The number of piperidine rings is 2. The van der Waals surface area contributed by atoms with Crippen molar-refractivity contribution in [1.82, 2.24) is 19.6 Å². The first-order valence-electron chi connectivity index (χ1n) is 16.6. The van der Waals surface area contributed by atoms with Gasteiger partial charge >= 0.3 is 12.2 Å². The number of nitrogens with two attached hydrogens (primary N) is 1. The third kappa shape index (κ3) is 10.0. The second kappa shape index (κ2) is 15.2. The molecule has 3 heterocycles. The normalized spacial score (nSPS) is 17.5. The first kappa shape index (κ1) is 36.4. The Bertz CT molecular complexity index is 1500. The van der Waals surface area contributed by atoms with Crippen LogP contribution in [0.5, 0.6) is 0 Å². The Morgan fingerprint density at radius 2 is 1.29 bits per heavy atom. The largest absolute Gasteiger partial charge is 0.444 e. The monoisotopic (exact) mass is 663 g/mol. The summed E-state index contributed by atoms with van der Waals surface area (Å²) in [6.45, 7) is 12.8. The van der Waals surface area contributed by atoms with Crippen molar-refractivity contribution in [2.45, 2.75) is 90.1 Å². The zero-order chi connectivity index (χ0) is 35.1. The van der Waals surface area contributed by atoms with Gasteiger partial charge in [0.2, 0.25) is 0 Å². The quantitative estimate of drug-likeness (QED) is 0.284. The molecule has 5 rings (SSSR count). The van der Waals surface area contributed by atoms with E-state index in [9.17, 15) is 14.4 Å². The van der Waals surface area contributed by atoms with E-state index in [1.807, 2.05) is 102 Å². The maximum Gasteiger partial charge on any atom is 0.410 e. The van der Waals surface area contributed by atoms with Crippen LogP contribution in [0.25, 0.3) is 0 Å². The number of hydrogen-bond acceptors (Lipinski definition) is 7. The van der Waals surface area contributed by atoms with Gasteiger partial charge < -0.3 is 25.0 Å². The number of aromatic nitrogens is 2. The van der Waals surface area contributed by atoms with Crippen LogP contribution in [0.4, 0.5) is 19.7 Å². The number of ketones is 1. The number of carbonyl (C=O) groups excluding carboxylic acids is 3. The van der Waals surface area contributed by atoms with E-state index in [2.05, 4.69) is 5.10 Å². The molecule has 3 aromatic rings. The van der Waals surface area contributed by atoms with Gasteiger partial charge in [-0.1, -0.05) is 60.7 Å². The van der Waals surface area contributed by atoms with E-state index in [0.717, 1.165) is 11.1 Å². The van der Waals surface area contributed by atoms with Crippen molar-refractivity contribution in [3.05, 3.63) is 84.2 Å². The number of hydrogen-bond donors (Lipinski definition) is 1.